The molecule has 0 radical (unpaired) electrons. The van der Waals surface area contributed by atoms with E-state index < -0.39 is 0 Å². The molecule has 1 N–H and O–H groups in total. The molecule has 0 aliphatic rings. The first-order valence-electron chi connectivity index (χ1n) is 7.34. The van der Waals surface area contributed by atoms with Crippen LogP contribution in [0.15, 0.2) is 28.7 Å². The molecule has 1 aromatic heterocycles. The SMILES string of the molecule is CCCNC(CC)c1nnc(Cc2cccc(C)c2)o1. The second-order valence-electron chi connectivity index (χ2n) is 5.11. The van der Waals surface area contributed by atoms with Crippen LogP contribution in [0.25, 0.3) is 0 Å². The molecular formula is C16H23N3O. The largest absolute Gasteiger partial charge is 0.423 e. The van der Waals surface area contributed by atoms with E-state index in [1.807, 2.05) is 0 Å². The van der Waals surface area contributed by atoms with Crippen molar-refractivity contribution in [1.82, 2.24) is 15.5 Å². The Morgan fingerprint density at radius 3 is 2.80 bits per heavy atom. The molecule has 1 aromatic carbocycles. The fourth-order valence-electron chi connectivity index (χ4n) is 2.20. The van der Waals surface area contributed by atoms with Crippen LogP contribution >= 0.6 is 0 Å². The molecule has 108 valence electrons. The zero-order valence-corrected chi connectivity index (χ0v) is 12.5. The summed E-state index contributed by atoms with van der Waals surface area (Å²) in [4.78, 5) is 0. The van der Waals surface area contributed by atoms with Crippen LogP contribution in [0.1, 0.15) is 55.6 Å². The summed E-state index contributed by atoms with van der Waals surface area (Å²) in [7, 11) is 0. The summed E-state index contributed by atoms with van der Waals surface area (Å²) in [5.41, 5.74) is 2.45. The van der Waals surface area contributed by atoms with Crippen molar-refractivity contribution in [2.45, 2.75) is 46.1 Å². The fourth-order valence-corrected chi connectivity index (χ4v) is 2.20. The van der Waals surface area contributed by atoms with Gasteiger partial charge < -0.3 is 9.73 Å². The average molecular weight is 273 g/mol. The molecule has 0 amide bonds. The lowest BCUT2D eigenvalue weighted by molar-refractivity contribution is 0.376. The molecule has 0 aliphatic carbocycles. The van der Waals surface area contributed by atoms with E-state index in [1.165, 1.54) is 11.1 Å². The van der Waals surface area contributed by atoms with Gasteiger partial charge in [0.15, 0.2) is 0 Å². The molecule has 1 unspecified atom stereocenters. The lowest BCUT2D eigenvalue weighted by atomic mass is 10.1. The first-order valence-corrected chi connectivity index (χ1v) is 7.34. The molecule has 2 rings (SSSR count). The lowest BCUT2D eigenvalue weighted by Gasteiger charge is -2.11. The molecule has 2 aromatic rings. The van der Waals surface area contributed by atoms with Crippen molar-refractivity contribution >= 4 is 0 Å². The van der Waals surface area contributed by atoms with E-state index in [0.717, 1.165) is 19.4 Å². The van der Waals surface area contributed by atoms with Gasteiger partial charge in [0.2, 0.25) is 11.8 Å². The van der Waals surface area contributed by atoms with E-state index in [4.69, 9.17) is 4.42 Å². The lowest BCUT2D eigenvalue weighted by Crippen LogP contribution is -2.21. The van der Waals surface area contributed by atoms with Gasteiger partial charge in [0.25, 0.3) is 0 Å². The van der Waals surface area contributed by atoms with Crippen molar-refractivity contribution in [1.29, 1.82) is 0 Å². The summed E-state index contributed by atoms with van der Waals surface area (Å²) in [6.45, 7) is 7.33. The maximum Gasteiger partial charge on any atom is 0.233 e. The van der Waals surface area contributed by atoms with E-state index in [-0.39, 0.29) is 6.04 Å². The van der Waals surface area contributed by atoms with Gasteiger partial charge in [-0.2, -0.15) is 0 Å². The van der Waals surface area contributed by atoms with Crippen LogP contribution in [0.4, 0.5) is 0 Å². The fraction of sp³-hybridized carbons (Fsp3) is 0.500. The molecule has 0 saturated heterocycles. The number of aromatic nitrogens is 2. The first-order chi connectivity index (χ1) is 9.72. The van der Waals surface area contributed by atoms with Crippen molar-refractivity contribution in [2.75, 3.05) is 6.54 Å². The van der Waals surface area contributed by atoms with Gasteiger partial charge in [-0.25, -0.2) is 0 Å². The summed E-state index contributed by atoms with van der Waals surface area (Å²) >= 11 is 0. The van der Waals surface area contributed by atoms with Crippen LogP contribution in [0.2, 0.25) is 0 Å². The number of aryl methyl sites for hydroxylation is 1. The summed E-state index contributed by atoms with van der Waals surface area (Å²) in [5, 5.41) is 11.8. The van der Waals surface area contributed by atoms with Crippen LogP contribution in [0.5, 0.6) is 0 Å². The summed E-state index contributed by atoms with van der Waals surface area (Å²) < 4.78 is 5.79. The molecule has 0 fully saturated rings. The van der Waals surface area contributed by atoms with Crippen LogP contribution in [0.3, 0.4) is 0 Å². The van der Waals surface area contributed by atoms with Crippen LogP contribution in [-0.4, -0.2) is 16.7 Å². The Labute approximate surface area is 120 Å². The van der Waals surface area contributed by atoms with Gasteiger partial charge in [0.05, 0.1) is 12.5 Å². The number of nitrogens with one attached hydrogen (secondary N) is 1. The van der Waals surface area contributed by atoms with Gasteiger partial charge in [-0.15, -0.1) is 10.2 Å². The number of hydrogen-bond donors (Lipinski definition) is 1. The predicted octanol–water partition coefficient (Wildman–Crippen LogP) is 3.42. The number of nitrogens with zero attached hydrogens (tertiary/aromatic N) is 2. The highest BCUT2D eigenvalue weighted by molar-refractivity contribution is 5.24. The van der Waals surface area contributed by atoms with Crippen LogP contribution < -0.4 is 5.32 Å². The molecule has 1 atom stereocenters. The van der Waals surface area contributed by atoms with Crippen molar-refractivity contribution in [2.24, 2.45) is 0 Å². The highest BCUT2D eigenvalue weighted by Crippen LogP contribution is 2.17. The van der Waals surface area contributed by atoms with Crippen molar-refractivity contribution in [3.63, 3.8) is 0 Å². The van der Waals surface area contributed by atoms with E-state index >= 15 is 0 Å². The molecule has 1 heterocycles. The zero-order valence-electron chi connectivity index (χ0n) is 12.5. The summed E-state index contributed by atoms with van der Waals surface area (Å²) in [5.74, 6) is 1.38. The number of benzene rings is 1. The van der Waals surface area contributed by atoms with Gasteiger partial charge in [-0.1, -0.05) is 43.7 Å². The second-order valence-corrected chi connectivity index (χ2v) is 5.11. The third-order valence-electron chi connectivity index (χ3n) is 3.27. The minimum Gasteiger partial charge on any atom is -0.423 e. The van der Waals surface area contributed by atoms with Gasteiger partial charge >= 0.3 is 0 Å². The minimum absolute atomic E-state index is 0.161. The van der Waals surface area contributed by atoms with E-state index in [1.54, 1.807) is 0 Å². The topological polar surface area (TPSA) is 51.0 Å². The standard InChI is InChI=1S/C16H23N3O/c1-4-9-17-14(5-2)16-19-18-15(20-16)11-13-8-6-7-12(3)10-13/h6-8,10,14,17H,4-5,9,11H2,1-3H3. The molecule has 20 heavy (non-hydrogen) atoms. The predicted molar refractivity (Wildman–Crippen MR) is 79.6 cm³/mol. The molecule has 4 heteroatoms. The Balaban J connectivity index is 2.04. The Bertz CT molecular complexity index is 536. The Morgan fingerprint density at radius 2 is 2.10 bits per heavy atom. The number of rotatable bonds is 7. The maximum atomic E-state index is 5.79. The maximum absolute atomic E-state index is 5.79. The first kappa shape index (κ1) is 14.7. The second kappa shape index (κ2) is 7.20. The van der Waals surface area contributed by atoms with E-state index in [2.05, 4.69) is 60.6 Å². The van der Waals surface area contributed by atoms with Gasteiger partial charge in [0.1, 0.15) is 0 Å². The Hall–Kier alpha value is -1.68. The van der Waals surface area contributed by atoms with Gasteiger partial charge in [-0.3, -0.25) is 0 Å². The van der Waals surface area contributed by atoms with E-state index in [9.17, 15) is 0 Å². The monoisotopic (exact) mass is 273 g/mol. The van der Waals surface area contributed by atoms with Crippen molar-refractivity contribution < 1.29 is 4.42 Å². The van der Waals surface area contributed by atoms with E-state index in [0.29, 0.717) is 18.2 Å². The van der Waals surface area contributed by atoms with Crippen molar-refractivity contribution in [3.05, 3.63) is 47.2 Å². The number of hydrogen-bond acceptors (Lipinski definition) is 4. The third-order valence-corrected chi connectivity index (χ3v) is 3.27. The molecule has 4 nitrogen and oxygen atoms in total. The summed E-state index contributed by atoms with van der Waals surface area (Å²) in [6, 6.07) is 8.54. The molecule has 0 spiro atoms. The molecule has 0 bridgehead atoms. The minimum atomic E-state index is 0.161. The quantitative estimate of drug-likeness (QED) is 0.839. The average Bonchev–Trinajstić information content (AvgIpc) is 2.88. The van der Waals surface area contributed by atoms with Crippen molar-refractivity contribution in [3.8, 4) is 0 Å². The molecule has 0 saturated carbocycles. The zero-order chi connectivity index (χ0) is 14.4. The highest BCUT2D eigenvalue weighted by Gasteiger charge is 2.16. The summed E-state index contributed by atoms with van der Waals surface area (Å²) in [6.07, 6.45) is 2.74. The Morgan fingerprint density at radius 1 is 1.25 bits per heavy atom. The van der Waals surface area contributed by atoms with Gasteiger partial charge in [-0.05, 0) is 31.9 Å². The molecular weight excluding hydrogens is 250 g/mol. The van der Waals surface area contributed by atoms with Crippen LogP contribution in [-0.2, 0) is 6.42 Å². The van der Waals surface area contributed by atoms with Gasteiger partial charge in [0, 0.05) is 0 Å². The third kappa shape index (κ3) is 3.90. The van der Waals surface area contributed by atoms with Crippen LogP contribution in [0, 0.1) is 6.92 Å². The Kier molecular flexibility index (Phi) is 5.30. The smallest absolute Gasteiger partial charge is 0.233 e. The normalized spacial score (nSPS) is 12.6. The molecule has 0 aliphatic heterocycles. The highest BCUT2D eigenvalue weighted by atomic mass is 16.4.